The lowest BCUT2D eigenvalue weighted by Crippen LogP contribution is -2.11. The maximum absolute atomic E-state index is 12.0. The van der Waals surface area contributed by atoms with Crippen LogP contribution >= 0.6 is 22.7 Å². The molecule has 2 aromatic rings. The predicted molar refractivity (Wildman–Crippen MR) is 75.5 cm³/mol. The number of nitrogens with zero attached hydrogens (tertiary/aromatic N) is 2. The van der Waals surface area contributed by atoms with Crippen molar-refractivity contribution in [2.45, 2.75) is 13.8 Å². The van der Waals surface area contributed by atoms with E-state index in [1.807, 2.05) is 19.2 Å². The van der Waals surface area contributed by atoms with E-state index in [2.05, 4.69) is 20.6 Å². The summed E-state index contributed by atoms with van der Waals surface area (Å²) in [6, 6.07) is 0. The van der Waals surface area contributed by atoms with Crippen molar-refractivity contribution < 1.29 is 4.79 Å². The lowest BCUT2D eigenvalue weighted by atomic mass is 10.5. The van der Waals surface area contributed by atoms with Gasteiger partial charge in [-0.1, -0.05) is 11.3 Å². The maximum Gasteiger partial charge on any atom is 0.271 e. The van der Waals surface area contributed by atoms with Crippen molar-refractivity contribution in [3.8, 4) is 0 Å². The van der Waals surface area contributed by atoms with Crippen LogP contribution in [-0.4, -0.2) is 22.4 Å². The number of thiazole rings is 2. The molecular formula is C10H13N5OS2. The number of nitrogens with two attached hydrogens (primary N) is 1. The molecule has 0 saturated carbocycles. The first-order valence-corrected chi connectivity index (χ1v) is 7.03. The van der Waals surface area contributed by atoms with Gasteiger partial charge in [0.2, 0.25) is 0 Å². The van der Waals surface area contributed by atoms with Gasteiger partial charge in [-0.05, 0) is 13.8 Å². The molecule has 0 spiro atoms. The third-order valence-electron chi connectivity index (χ3n) is 2.03. The third-order valence-corrected chi connectivity index (χ3v) is 3.93. The molecule has 0 unspecified atom stereocenters. The number of carbonyl (C=O) groups is 1. The predicted octanol–water partition coefficient (Wildman–Crippen LogP) is 2.17. The summed E-state index contributed by atoms with van der Waals surface area (Å²) in [5.74, 6) is -0.0368. The number of aryl methyl sites for hydroxylation is 1. The van der Waals surface area contributed by atoms with E-state index in [0.29, 0.717) is 15.1 Å². The van der Waals surface area contributed by atoms with Gasteiger partial charge in [0.15, 0.2) is 10.3 Å². The minimum absolute atomic E-state index is 0.238. The molecule has 0 saturated heterocycles. The molecule has 18 heavy (non-hydrogen) atoms. The molecule has 0 fully saturated rings. The first-order valence-electron chi connectivity index (χ1n) is 5.33. The van der Waals surface area contributed by atoms with Crippen LogP contribution in [0.5, 0.6) is 0 Å². The van der Waals surface area contributed by atoms with Crippen LogP contribution < -0.4 is 16.4 Å². The molecular weight excluding hydrogens is 270 g/mol. The molecule has 1 amide bonds. The molecule has 0 aliphatic carbocycles. The zero-order valence-corrected chi connectivity index (χ0v) is 11.6. The molecule has 2 heterocycles. The van der Waals surface area contributed by atoms with Crippen molar-refractivity contribution in [3.05, 3.63) is 16.0 Å². The van der Waals surface area contributed by atoms with Gasteiger partial charge in [0, 0.05) is 11.9 Å². The van der Waals surface area contributed by atoms with Gasteiger partial charge in [0.05, 0.1) is 5.69 Å². The zero-order chi connectivity index (χ0) is 13.1. The monoisotopic (exact) mass is 283 g/mol. The first kappa shape index (κ1) is 12.8. The Morgan fingerprint density at radius 1 is 1.44 bits per heavy atom. The Balaban J connectivity index is 2.13. The highest BCUT2D eigenvalue weighted by Gasteiger charge is 2.17. The topological polar surface area (TPSA) is 92.9 Å². The van der Waals surface area contributed by atoms with E-state index in [4.69, 9.17) is 5.73 Å². The zero-order valence-electron chi connectivity index (χ0n) is 9.98. The second-order valence-electron chi connectivity index (χ2n) is 3.51. The Hall–Kier alpha value is -1.67. The summed E-state index contributed by atoms with van der Waals surface area (Å²) in [7, 11) is 0. The number of nitrogen functional groups attached to an aromatic ring is 1. The van der Waals surface area contributed by atoms with Crippen LogP contribution in [0.4, 0.5) is 16.1 Å². The molecule has 2 aromatic heterocycles. The summed E-state index contributed by atoms with van der Waals surface area (Å²) in [6.45, 7) is 4.56. The van der Waals surface area contributed by atoms with E-state index in [1.54, 1.807) is 0 Å². The summed E-state index contributed by atoms with van der Waals surface area (Å²) in [5, 5.41) is 8.82. The van der Waals surface area contributed by atoms with Crippen molar-refractivity contribution in [1.29, 1.82) is 0 Å². The van der Waals surface area contributed by atoms with Crippen molar-refractivity contribution in [2.24, 2.45) is 0 Å². The molecule has 0 aromatic carbocycles. The molecule has 0 aliphatic rings. The molecule has 0 atom stereocenters. The number of hydrogen-bond donors (Lipinski definition) is 3. The van der Waals surface area contributed by atoms with Crippen LogP contribution in [0.15, 0.2) is 5.38 Å². The second kappa shape index (κ2) is 5.32. The highest BCUT2D eigenvalue weighted by atomic mass is 32.1. The van der Waals surface area contributed by atoms with Crippen molar-refractivity contribution in [1.82, 2.24) is 9.97 Å². The van der Waals surface area contributed by atoms with Crippen LogP contribution in [0, 0.1) is 6.92 Å². The van der Waals surface area contributed by atoms with E-state index in [1.165, 1.54) is 22.7 Å². The number of anilines is 3. The minimum Gasteiger partial charge on any atom is -0.382 e. The van der Waals surface area contributed by atoms with Gasteiger partial charge in [-0.25, -0.2) is 9.97 Å². The van der Waals surface area contributed by atoms with Crippen molar-refractivity contribution in [3.63, 3.8) is 0 Å². The summed E-state index contributed by atoms with van der Waals surface area (Å²) >= 11 is 2.62. The van der Waals surface area contributed by atoms with E-state index < -0.39 is 0 Å². The van der Waals surface area contributed by atoms with Crippen molar-refractivity contribution >= 4 is 44.7 Å². The minimum atomic E-state index is -0.275. The molecule has 0 bridgehead atoms. The van der Waals surface area contributed by atoms with Gasteiger partial charge in [0.1, 0.15) is 10.7 Å². The summed E-state index contributed by atoms with van der Waals surface area (Å²) < 4.78 is 0. The third kappa shape index (κ3) is 2.77. The standard InChI is InChI=1S/C10H13N5OS2/c1-3-12-9-14-7(11)6(18-9)8(16)15-10-13-5(2)4-17-10/h4H,3,11H2,1-2H3,(H,12,14)(H,13,15,16). The fourth-order valence-corrected chi connectivity index (χ4v) is 2.82. The Morgan fingerprint density at radius 2 is 2.22 bits per heavy atom. The van der Waals surface area contributed by atoms with Gasteiger partial charge in [-0.2, -0.15) is 0 Å². The van der Waals surface area contributed by atoms with Crippen LogP contribution in [0.3, 0.4) is 0 Å². The Labute approximate surface area is 112 Å². The van der Waals surface area contributed by atoms with Crippen molar-refractivity contribution in [2.75, 3.05) is 22.9 Å². The molecule has 6 nitrogen and oxygen atoms in total. The Bertz CT molecular complexity index is 562. The summed E-state index contributed by atoms with van der Waals surface area (Å²) in [4.78, 5) is 20.6. The molecule has 0 radical (unpaired) electrons. The van der Waals surface area contributed by atoms with Gasteiger partial charge in [-0.15, -0.1) is 11.3 Å². The number of rotatable bonds is 4. The van der Waals surface area contributed by atoms with Crippen LogP contribution in [-0.2, 0) is 0 Å². The highest BCUT2D eigenvalue weighted by molar-refractivity contribution is 7.18. The number of carbonyl (C=O) groups excluding carboxylic acids is 1. The quantitative estimate of drug-likeness (QED) is 0.799. The molecule has 0 aliphatic heterocycles. The fourth-order valence-electron chi connectivity index (χ4n) is 1.29. The van der Waals surface area contributed by atoms with E-state index in [-0.39, 0.29) is 11.7 Å². The number of aromatic nitrogens is 2. The average Bonchev–Trinajstić information content (AvgIpc) is 2.86. The van der Waals surface area contributed by atoms with Gasteiger partial charge in [0.25, 0.3) is 5.91 Å². The number of hydrogen-bond acceptors (Lipinski definition) is 7. The van der Waals surface area contributed by atoms with Gasteiger partial charge in [-0.3, -0.25) is 10.1 Å². The van der Waals surface area contributed by atoms with E-state index >= 15 is 0 Å². The molecule has 4 N–H and O–H groups in total. The largest absolute Gasteiger partial charge is 0.382 e. The van der Waals surface area contributed by atoms with Crippen LogP contribution in [0.25, 0.3) is 0 Å². The molecule has 96 valence electrons. The summed E-state index contributed by atoms with van der Waals surface area (Å²) in [5.41, 5.74) is 6.59. The van der Waals surface area contributed by atoms with E-state index in [0.717, 1.165) is 12.2 Å². The van der Waals surface area contributed by atoms with Gasteiger partial charge < -0.3 is 11.1 Å². The highest BCUT2D eigenvalue weighted by Crippen LogP contribution is 2.26. The summed E-state index contributed by atoms with van der Waals surface area (Å²) in [6.07, 6.45) is 0. The van der Waals surface area contributed by atoms with Gasteiger partial charge >= 0.3 is 0 Å². The molecule has 8 heteroatoms. The fraction of sp³-hybridized carbons (Fsp3) is 0.300. The average molecular weight is 283 g/mol. The van der Waals surface area contributed by atoms with E-state index in [9.17, 15) is 4.79 Å². The lowest BCUT2D eigenvalue weighted by Gasteiger charge is -1.98. The SMILES string of the molecule is CCNc1nc(N)c(C(=O)Nc2nc(C)cs2)s1. The number of amides is 1. The van der Waals surface area contributed by atoms with Crippen LogP contribution in [0.1, 0.15) is 22.3 Å². The normalized spacial score (nSPS) is 10.3. The first-order chi connectivity index (χ1) is 8.60. The Kier molecular flexibility index (Phi) is 3.78. The lowest BCUT2D eigenvalue weighted by molar-refractivity contribution is 0.103. The number of nitrogens with one attached hydrogen (secondary N) is 2. The Morgan fingerprint density at radius 3 is 2.83 bits per heavy atom. The maximum atomic E-state index is 12.0. The molecule has 2 rings (SSSR count). The van der Waals surface area contributed by atoms with Crippen LogP contribution in [0.2, 0.25) is 0 Å². The smallest absolute Gasteiger partial charge is 0.271 e. The second-order valence-corrected chi connectivity index (χ2v) is 5.37.